The highest BCUT2D eigenvalue weighted by molar-refractivity contribution is 5.80. The van der Waals surface area contributed by atoms with Gasteiger partial charge in [-0.05, 0) is 38.7 Å². The molecule has 0 saturated carbocycles. The molecule has 1 saturated heterocycles. The van der Waals surface area contributed by atoms with Crippen molar-refractivity contribution in [3.8, 4) is 0 Å². The van der Waals surface area contributed by atoms with Crippen LogP contribution in [0.4, 0.5) is 5.82 Å². The largest absolute Gasteiger partial charge is 0.354 e. The fraction of sp³-hybridized carbons (Fsp3) is 0.455. The maximum Gasteiger partial charge on any atom is 0.193 e. The van der Waals surface area contributed by atoms with Crippen LogP contribution in [0.1, 0.15) is 17.2 Å². The highest BCUT2D eigenvalue weighted by Crippen LogP contribution is 2.18. The second-order valence-corrected chi connectivity index (χ2v) is 7.48. The number of guanidine groups is 1. The molecule has 1 aliphatic heterocycles. The number of benzene rings is 1. The lowest BCUT2D eigenvalue weighted by Gasteiger charge is -2.37. The van der Waals surface area contributed by atoms with Gasteiger partial charge in [-0.1, -0.05) is 35.9 Å². The first kappa shape index (κ1) is 20.1. The smallest absolute Gasteiger partial charge is 0.193 e. The maximum atomic E-state index is 4.53. The number of pyridine rings is 1. The molecule has 0 radical (unpaired) electrons. The number of hydrogen-bond donors (Lipinski definition) is 1. The summed E-state index contributed by atoms with van der Waals surface area (Å²) in [7, 11) is 6.12. The first-order valence-electron chi connectivity index (χ1n) is 9.93. The number of nitrogens with zero attached hydrogens (tertiary/aromatic N) is 5. The number of piperazine rings is 1. The van der Waals surface area contributed by atoms with Crippen LogP contribution in [0.3, 0.4) is 0 Å². The molecule has 1 atom stereocenters. The molecular formula is C22H32N6. The molecule has 28 heavy (non-hydrogen) atoms. The number of hydrogen-bond acceptors (Lipinski definition) is 4. The van der Waals surface area contributed by atoms with Crippen molar-refractivity contribution >= 4 is 11.8 Å². The Balaban J connectivity index is 1.57. The summed E-state index contributed by atoms with van der Waals surface area (Å²) in [6.07, 6.45) is 1.86. The lowest BCUT2D eigenvalue weighted by molar-refractivity contribution is 0.292. The highest BCUT2D eigenvalue weighted by atomic mass is 15.4. The van der Waals surface area contributed by atoms with E-state index in [9.17, 15) is 0 Å². The number of rotatable bonds is 5. The van der Waals surface area contributed by atoms with Gasteiger partial charge in [-0.15, -0.1) is 0 Å². The Labute approximate surface area is 168 Å². The highest BCUT2D eigenvalue weighted by Gasteiger charge is 2.22. The van der Waals surface area contributed by atoms with E-state index in [1.165, 1.54) is 11.1 Å². The SMILES string of the molecule is CN=C(NCC(c1ccc(C)cc1)N(C)C)N1CCN(c2ccccn2)CC1. The van der Waals surface area contributed by atoms with Crippen LogP contribution in [0.25, 0.3) is 0 Å². The number of nitrogens with one attached hydrogen (secondary N) is 1. The topological polar surface area (TPSA) is 47.0 Å². The molecule has 3 rings (SSSR count). The van der Waals surface area contributed by atoms with Crippen LogP contribution in [-0.2, 0) is 0 Å². The minimum Gasteiger partial charge on any atom is -0.354 e. The minimum atomic E-state index is 0.298. The van der Waals surface area contributed by atoms with Crippen molar-refractivity contribution in [1.29, 1.82) is 0 Å². The standard InChI is InChI=1S/C22H32N6/c1-18-8-10-19(11-9-18)20(26(3)4)17-25-22(23-2)28-15-13-27(14-16-28)21-7-5-6-12-24-21/h5-12,20H,13-17H2,1-4H3,(H,23,25). The summed E-state index contributed by atoms with van der Waals surface area (Å²) in [6.45, 7) is 6.72. The first-order valence-corrected chi connectivity index (χ1v) is 9.93. The molecule has 1 N–H and O–H groups in total. The van der Waals surface area contributed by atoms with Crippen molar-refractivity contribution < 1.29 is 0 Å². The molecule has 0 spiro atoms. The summed E-state index contributed by atoms with van der Waals surface area (Å²) < 4.78 is 0. The summed E-state index contributed by atoms with van der Waals surface area (Å²) in [6, 6.07) is 15.2. The van der Waals surface area contributed by atoms with Gasteiger partial charge >= 0.3 is 0 Å². The quantitative estimate of drug-likeness (QED) is 0.638. The third-order valence-electron chi connectivity index (χ3n) is 5.30. The van der Waals surface area contributed by atoms with E-state index in [4.69, 9.17) is 0 Å². The third kappa shape index (κ3) is 5.01. The number of aryl methyl sites for hydroxylation is 1. The molecule has 1 unspecified atom stereocenters. The van der Waals surface area contributed by atoms with Gasteiger partial charge in [0.1, 0.15) is 5.82 Å². The van der Waals surface area contributed by atoms with E-state index < -0.39 is 0 Å². The monoisotopic (exact) mass is 380 g/mol. The molecule has 1 aromatic carbocycles. The molecule has 0 amide bonds. The summed E-state index contributed by atoms with van der Waals surface area (Å²) in [5.74, 6) is 2.02. The van der Waals surface area contributed by atoms with Crippen molar-refractivity contribution in [2.24, 2.45) is 4.99 Å². The average Bonchev–Trinajstić information content (AvgIpc) is 2.73. The van der Waals surface area contributed by atoms with E-state index >= 15 is 0 Å². The molecule has 0 bridgehead atoms. The predicted octanol–water partition coefficient (Wildman–Crippen LogP) is 2.39. The van der Waals surface area contributed by atoms with Gasteiger partial charge in [-0.2, -0.15) is 0 Å². The van der Waals surface area contributed by atoms with Gasteiger partial charge < -0.3 is 20.0 Å². The van der Waals surface area contributed by atoms with Gasteiger partial charge in [0.05, 0.1) is 6.04 Å². The zero-order valence-electron chi connectivity index (χ0n) is 17.5. The van der Waals surface area contributed by atoms with Crippen LogP contribution in [0.5, 0.6) is 0 Å². The predicted molar refractivity (Wildman–Crippen MR) is 117 cm³/mol. The first-order chi connectivity index (χ1) is 13.6. The molecule has 2 aromatic rings. The van der Waals surface area contributed by atoms with Crippen LogP contribution in [0.15, 0.2) is 53.7 Å². The molecule has 2 heterocycles. The van der Waals surface area contributed by atoms with E-state index in [0.29, 0.717) is 6.04 Å². The van der Waals surface area contributed by atoms with Gasteiger partial charge in [-0.25, -0.2) is 4.98 Å². The Hall–Kier alpha value is -2.60. The maximum absolute atomic E-state index is 4.53. The zero-order valence-corrected chi connectivity index (χ0v) is 17.5. The van der Waals surface area contributed by atoms with Gasteiger partial charge in [0.2, 0.25) is 0 Å². The van der Waals surface area contributed by atoms with Crippen molar-refractivity contribution in [1.82, 2.24) is 20.1 Å². The number of aromatic nitrogens is 1. The van der Waals surface area contributed by atoms with Crippen molar-refractivity contribution in [3.05, 3.63) is 59.8 Å². The zero-order chi connectivity index (χ0) is 19.9. The number of likely N-dealkylation sites (N-methyl/N-ethyl adjacent to an activating group) is 1. The fourth-order valence-corrected chi connectivity index (χ4v) is 3.60. The molecule has 150 valence electrons. The van der Waals surface area contributed by atoms with E-state index in [1.54, 1.807) is 0 Å². The van der Waals surface area contributed by atoms with Crippen LogP contribution >= 0.6 is 0 Å². The number of aliphatic imine (C=N–C) groups is 1. The minimum absolute atomic E-state index is 0.298. The lowest BCUT2D eigenvalue weighted by atomic mass is 10.0. The fourth-order valence-electron chi connectivity index (χ4n) is 3.60. The second kappa shape index (κ2) is 9.55. The molecular weight excluding hydrogens is 348 g/mol. The molecule has 1 fully saturated rings. The van der Waals surface area contributed by atoms with E-state index in [2.05, 4.69) is 81.3 Å². The van der Waals surface area contributed by atoms with Crippen LogP contribution in [0, 0.1) is 6.92 Å². The lowest BCUT2D eigenvalue weighted by Crippen LogP contribution is -2.53. The molecule has 1 aromatic heterocycles. The van der Waals surface area contributed by atoms with Crippen molar-refractivity contribution in [3.63, 3.8) is 0 Å². The molecule has 0 aliphatic carbocycles. The van der Waals surface area contributed by atoms with Crippen molar-refractivity contribution in [2.75, 3.05) is 58.8 Å². The average molecular weight is 381 g/mol. The van der Waals surface area contributed by atoms with E-state index in [1.807, 2.05) is 25.4 Å². The Bertz CT molecular complexity index is 748. The molecule has 1 aliphatic rings. The van der Waals surface area contributed by atoms with Crippen LogP contribution < -0.4 is 10.2 Å². The Morgan fingerprint density at radius 2 is 1.82 bits per heavy atom. The summed E-state index contributed by atoms with van der Waals surface area (Å²) in [5, 5.41) is 3.59. The third-order valence-corrected chi connectivity index (χ3v) is 5.30. The van der Waals surface area contributed by atoms with E-state index in [0.717, 1.165) is 44.5 Å². The Kier molecular flexibility index (Phi) is 6.87. The second-order valence-electron chi connectivity index (χ2n) is 7.48. The van der Waals surface area contributed by atoms with Gasteiger partial charge in [0.25, 0.3) is 0 Å². The Morgan fingerprint density at radius 3 is 2.39 bits per heavy atom. The van der Waals surface area contributed by atoms with Gasteiger partial charge in [-0.3, -0.25) is 4.99 Å². The van der Waals surface area contributed by atoms with Crippen LogP contribution in [0.2, 0.25) is 0 Å². The number of anilines is 1. The molecule has 6 nitrogen and oxygen atoms in total. The molecule has 6 heteroatoms. The van der Waals surface area contributed by atoms with Gasteiger partial charge in [0, 0.05) is 46.0 Å². The summed E-state index contributed by atoms with van der Waals surface area (Å²) >= 11 is 0. The summed E-state index contributed by atoms with van der Waals surface area (Å²) in [4.78, 5) is 15.9. The Morgan fingerprint density at radius 1 is 1.11 bits per heavy atom. The van der Waals surface area contributed by atoms with Gasteiger partial charge in [0.15, 0.2) is 5.96 Å². The normalized spacial score (nSPS) is 16.4. The summed E-state index contributed by atoms with van der Waals surface area (Å²) in [5.41, 5.74) is 2.61. The van der Waals surface area contributed by atoms with Crippen molar-refractivity contribution in [2.45, 2.75) is 13.0 Å². The van der Waals surface area contributed by atoms with E-state index in [-0.39, 0.29) is 0 Å². The van der Waals surface area contributed by atoms with Crippen LogP contribution in [-0.4, -0.2) is 74.6 Å².